The summed E-state index contributed by atoms with van der Waals surface area (Å²) < 4.78 is 11.6. The monoisotopic (exact) mass is 330 g/mol. The lowest BCUT2D eigenvalue weighted by Gasteiger charge is -2.19. The summed E-state index contributed by atoms with van der Waals surface area (Å²) in [4.78, 5) is 14.4. The van der Waals surface area contributed by atoms with Gasteiger partial charge in [0.05, 0.1) is 18.8 Å². The van der Waals surface area contributed by atoms with Crippen LogP contribution in [-0.2, 0) is 11.2 Å². The molecule has 4 atom stereocenters. The van der Waals surface area contributed by atoms with E-state index in [9.17, 15) is 4.79 Å². The molecule has 3 fully saturated rings. The standard InChI is InChI=1S/C19H26N2O3/c1-2-23-16-6-4-3-5-13(16)9-10-20-19(22)21-11-14-15(12-21)18-8-7-17(14)24-18/h3-6,14-15,17-18H,2,7-12H2,1H3,(H,20,22). The van der Waals surface area contributed by atoms with Crippen LogP contribution in [0.5, 0.6) is 5.75 Å². The van der Waals surface area contributed by atoms with Crippen molar-refractivity contribution < 1.29 is 14.3 Å². The highest BCUT2D eigenvalue weighted by Crippen LogP contribution is 2.47. The number of benzene rings is 1. The smallest absolute Gasteiger partial charge is 0.317 e. The van der Waals surface area contributed by atoms with E-state index in [1.807, 2.05) is 30.0 Å². The molecule has 5 nitrogen and oxygen atoms in total. The van der Waals surface area contributed by atoms with Gasteiger partial charge in [-0.15, -0.1) is 0 Å². The van der Waals surface area contributed by atoms with E-state index >= 15 is 0 Å². The van der Waals surface area contributed by atoms with Gasteiger partial charge in [0.1, 0.15) is 5.75 Å². The van der Waals surface area contributed by atoms with E-state index in [1.165, 1.54) is 12.8 Å². The third kappa shape index (κ3) is 2.86. The molecule has 4 rings (SSSR count). The van der Waals surface area contributed by atoms with Gasteiger partial charge < -0.3 is 19.7 Å². The van der Waals surface area contributed by atoms with E-state index in [0.717, 1.165) is 30.8 Å². The molecule has 0 aromatic heterocycles. The Morgan fingerprint density at radius 1 is 1.25 bits per heavy atom. The molecule has 0 spiro atoms. The largest absolute Gasteiger partial charge is 0.494 e. The number of likely N-dealkylation sites (tertiary alicyclic amines) is 1. The number of amides is 2. The number of carbonyl (C=O) groups is 1. The van der Waals surface area contributed by atoms with Crippen LogP contribution in [0, 0.1) is 11.8 Å². The van der Waals surface area contributed by atoms with Crippen molar-refractivity contribution in [3.05, 3.63) is 29.8 Å². The summed E-state index contributed by atoms with van der Waals surface area (Å²) in [5.74, 6) is 2.04. The highest BCUT2D eigenvalue weighted by molar-refractivity contribution is 5.74. The molecular formula is C19H26N2O3. The second-order valence-corrected chi connectivity index (χ2v) is 7.05. The first kappa shape index (κ1) is 15.8. The predicted molar refractivity (Wildman–Crippen MR) is 91.2 cm³/mol. The number of nitrogens with zero attached hydrogens (tertiary/aromatic N) is 1. The summed E-state index contributed by atoms with van der Waals surface area (Å²) in [5.41, 5.74) is 1.14. The number of hydrogen-bond acceptors (Lipinski definition) is 3. The molecule has 2 amide bonds. The maximum atomic E-state index is 12.5. The number of carbonyl (C=O) groups excluding carboxylic acids is 1. The zero-order valence-corrected chi connectivity index (χ0v) is 14.2. The van der Waals surface area contributed by atoms with Crippen molar-refractivity contribution in [1.29, 1.82) is 0 Å². The maximum absolute atomic E-state index is 12.5. The molecule has 1 aromatic rings. The summed E-state index contributed by atoms with van der Waals surface area (Å²) >= 11 is 0. The molecule has 4 unspecified atom stereocenters. The average molecular weight is 330 g/mol. The molecular weight excluding hydrogens is 304 g/mol. The Hall–Kier alpha value is -1.75. The summed E-state index contributed by atoms with van der Waals surface area (Å²) in [5, 5.41) is 3.07. The van der Waals surface area contributed by atoms with Gasteiger partial charge in [-0.05, 0) is 37.8 Å². The highest BCUT2D eigenvalue weighted by Gasteiger charge is 2.53. The SMILES string of the molecule is CCOc1ccccc1CCNC(=O)N1CC2C3CCC(O3)C2C1. The Morgan fingerprint density at radius 3 is 2.67 bits per heavy atom. The molecule has 3 saturated heterocycles. The third-order valence-electron chi connectivity index (χ3n) is 5.68. The number of fused-ring (bicyclic) bond motifs is 5. The molecule has 130 valence electrons. The third-order valence-corrected chi connectivity index (χ3v) is 5.68. The van der Waals surface area contributed by atoms with Gasteiger partial charge in [-0.25, -0.2) is 4.79 Å². The first-order valence-corrected chi connectivity index (χ1v) is 9.15. The van der Waals surface area contributed by atoms with E-state index < -0.39 is 0 Å². The number of urea groups is 1. The fraction of sp³-hybridized carbons (Fsp3) is 0.632. The maximum Gasteiger partial charge on any atom is 0.317 e. The Balaban J connectivity index is 1.27. The van der Waals surface area contributed by atoms with Crippen LogP contribution in [0.1, 0.15) is 25.3 Å². The molecule has 0 saturated carbocycles. The Morgan fingerprint density at radius 2 is 1.96 bits per heavy atom. The molecule has 0 aliphatic carbocycles. The molecule has 2 bridgehead atoms. The summed E-state index contributed by atoms with van der Waals surface area (Å²) in [7, 11) is 0. The second kappa shape index (κ2) is 6.63. The number of para-hydroxylation sites is 1. The van der Waals surface area contributed by atoms with Gasteiger partial charge in [0.15, 0.2) is 0 Å². The minimum absolute atomic E-state index is 0.0673. The van der Waals surface area contributed by atoms with E-state index in [2.05, 4.69) is 11.4 Å². The molecule has 3 aliphatic rings. The van der Waals surface area contributed by atoms with Crippen molar-refractivity contribution in [2.75, 3.05) is 26.2 Å². The molecule has 3 heterocycles. The summed E-state index contributed by atoms with van der Waals surface area (Å²) in [6.45, 7) is 4.99. The highest BCUT2D eigenvalue weighted by atomic mass is 16.5. The minimum Gasteiger partial charge on any atom is -0.494 e. The van der Waals surface area contributed by atoms with Gasteiger partial charge >= 0.3 is 6.03 Å². The van der Waals surface area contributed by atoms with Crippen LogP contribution in [0.2, 0.25) is 0 Å². The lowest BCUT2D eigenvalue weighted by Crippen LogP contribution is -2.40. The molecule has 3 aliphatic heterocycles. The van der Waals surface area contributed by atoms with Gasteiger partial charge in [0.25, 0.3) is 0 Å². The zero-order valence-electron chi connectivity index (χ0n) is 14.2. The van der Waals surface area contributed by atoms with Gasteiger partial charge in [-0.3, -0.25) is 0 Å². The van der Waals surface area contributed by atoms with Crippen LogP contribution in [-0.4, -0.2) is 49.4 Å². The van der Waals surface area contributed by atoms with Gasteiger partial charge in [-0.1, -0.05) is 18.2 Å². The lowest BCUT2D eigenvalue weighted by molar-refractivity contribution is 0.0739. The first-order chi connectivity index (χ1) is 11.8. The first-order valence-electron chi connectivity index (χ1n) is 9.15. The lowest BCUT2D eigenvalue weighted by atomic mass is 9.82. The molecule has 0 radical (unpaired) electrons. The number of ether oxygens (including phenoxy) is 2. The second-order valence-electron chi connectivity index (χ2n) is 7.05. The number of nitrogens with one attached hydrogen (secondary N) is 1. The van der Waals surface area contributed by atoms with Crippen LogP contribution < -0.4 is 10.1 Å². The van der Waals surface area contributed by atoms with E-state index in [4.69, 9.17) is 9.47 Å². The van der Waals surface area contributed by atoms with Gasteiger partial charge in [-0.2, -0.15) is 0 Å². The van der Waals surface area contributed by atoms with Crippen LogP contribution in [0.3, 0.4) is 0 Å². The van der Waals surface area contributed by atoms with Gasteiger partial charge in [0.2, 0.25) is 0 Å². The van der Waals surface area contributed by atoms with Crippen molar-refractivity contribution >= 4 is 6.03 Å². The van der Waals surface area contributed by atoms with Crippen molar-refractivity contribution in [2.45, 2.75) is 38.4 Å². The molecule has 24 heavy (non-hydrogen) atoms. The summed E-state index contributed by atoms with van der Waals surface area (Å²) in [6, 6.07) is 8.10. The normalized spacial score (nSPS) is 30.5. The van der Waals surface area contributed by atoms with Crippen LogP contribution in [0.25, 0.3) is 0 Å². The van der Waals surface area contributed by atoms with E-state index in [1.54, 1.807) is 0 Å². The molecule has 1 N–H and O–H groups in total. The topological polar surface area (TPSA) is 50.8 Å². The number of rotatable bonds is 5. The number of hydrogen-bond donors (Lipinski definition) is 1. The average Bonchev–Trinajstić information content (AvgIpc) is 3.29. The Labute approximate surface area is 143 Å². The van der Waals surface area contributed by atoms with E-state index in [0.29, 0.717) is 37.2 Å². The van der Waals surface area contributed by atoms with Crippen LogP contribution in [0.15, 0.2) is 24.3 Å². The van der Waals surface area contributed by atoms with Crippen molar-refractivity contribution in [3.8, 4) is 5.75 Å². The van der Waals surface area contributed by atoms with Crippen molar-refractivity contribution in [1.82, 2.24) is 10.2 Å². The fourth-order valence-electron chi connectivity index (χ4n) is 4.55. The Kier molecular flexibility index (Phi) is 4.35. The van der Waals surface area contributed by atoms with Crippen molar-refractivity contribution in [2.24, 2.45) is 11.8 Å². The zero-order chi connectivity index (χ0) is 16.5. The minimum atomic E-state index is 0.0673. The van der Waals surface area contributed by atoms with Crippen LogP contribution >= 0.6 is 0 Å². The van der Waals surface area contributed by atoms with E-state index in [-0.39, 0.29) is 6.03 Å². The molecule has 5 heteroatoms. The summed E-state index contributed by atoms with van der Waals surface area (Å²) in [6.07, 6.45) is 3.94. The quantitative estimate of drug-likeness (QED) is 0.902. The van der Waals surface area contributed by atoms with Gasteiger partial charge in [0, 0.05) is 31.5 Å². The molecule has 1 aromatic carbocycles. The van der Waals surface area contributed by atoms with Crippen LogP contribution in [0.4, 0.5) is 4.79 Å². The predicted octanol–water partition coefficient (Wildman–Crippen LogP) is 2.45. The van der Waals surface area contributed by atoms with Crippen molar-refractivity contribution in [3.63, 3.8) is 0 Å². The fourth-order valence-corrected chi connectivity index (χ4v) is 4.55. The Bertz CT molecular complexity index is 588.